The zero-order chi connectivity index (χ0) is 32.1. The first-order valence-electron chi connectivity index (χ1n) is 16.8. The molecule has 0 spiro atoms. The second-order valence-corrected chi connectivity index (χ2v) is 14.9. The smallest absolute Gasteiger partial charge is 0.465 e. The normalized spacial score (nSPS) is 12.2. The molecular weight excluding hydrogens is 569 g/mol. The van der Waals surface area contributed by atoms with Crippen LogP contribution >= 0.6 is 8.60 Å². The Bertz CT molecular complexity index is 843. The molecule has 0 saturated heterocycles. The number of carbonyl (C=O) groups is 1. The topological polar surface area (TPSA) is 54.0 Å². The van der Waals surface area contributed by atoms with E-state index in [0.29, 0.717) is 18.8 Å². The van der Waals surface area contributed by atoms with Gasteiger partial charge < -0.3 is 9.26 Å². The number of rotatable bonds is 24. The average Bonchev–Trinajstić information content (AvgIpc) is 2.95. The number of esters is 1. The number of aryl methyl sites for hydroxylation is 1. The van der Waals surface area contributed by atoms with E-state index in [1.54, 1.807) is 0 Å². The van der Waals surface area contributed by atoms with Crippen LogP contribution in [0.2, 0.25) is 0 Å². The molecule has 1 aromatic carbocycles. The van der Waals surface area contributed by atoms with Crippen molar-refractivity contribution in [3.63, 3.8) is 0 Å². The molecule has 0 N–H and O–H groups in total. The lowest BCUT2D eigenvalue weighted by Crippen LogP contribution is -2.20. The first-order chi connectivity index (χ1) is 20.4. The second kappa shape index (κ2) is 22.2. The van der Waals surface area contributed by atoms with Crippen molar-refractivity contribution in [1.82, 2.24) is 0 Å². The average molecular weight is 631 g/mol. The van der Waals surface area contributed by atoms with Gasteiger partial charge in [0.2, 0.25) is 0 Å². The van der Waals surface area contributed by atoms with Crippen molar-refractivity contribution in [1.29, 1.82) is 0 Å². The minimum absolute atomic E-state index is 0.212. The van der Waals surface area contributed by atoms with Crippen LogP contribution in [0.4, 0.5) is 9.05 Å². The molecule has 1 aromatic rings. The molecule has 0 aliphatic heterocycles. The van der Waals surface area contributed by atoms with Crippen molar-refractivity contribution in [2.75, 3.05) is 6.61 Å². The number of hydrogen-bond acceptors (Lipinski definition) is 5. The van der Waals surface area contributed by atoms with Crippen molar-refractivity contribution in [3.05, 3.63) is 28.8 Å². The maximum atomic E-state index is 12.8. The zero-order valence-corrected chi connectivity index (χ0v) is 29.2. The summed E-state index contributed by atoms with van der Waals surface area (Å²) in [6, 6.07) is 3.86. The summed E-state index contributed by atoms with van der Waals surface area (Å²) in [6.07, 6.45) is 21.7. The Balaban J connectivity index is 2.35. The highest BCUT2D eigenvalue weighted by molar-refractivity contribution is 7.41. The molecule has 0 radical (unpaired) electrons. The van der Waals surface area contributed by atoms with Gasteiger partial charge in [-0.1, -0.05) is 166 Å². The van der Waals surface area contributed by atoms with Crippen molar-refractivity contribution >= 4 is 14.6 Å². The third kappa shape index (κ3) is 17.7. The van der Waals surface area contributed by atoms with Gasteiger partial charge in [0.25, 0.3) is 0 Å². The summed E-state index contributed by atoms with van der Waals surface area (Å²) in [7, 11) is -2.82. The molecule has 0 bridgehead atoms. The summed E-state index contributed by atoms with van der Waals surface area (Å²) < 4.78 is 43.7. The van der Waals surface area contributed by atoms with E-state index in [1.807, 2.05) is 53.7 Å². The van der Waals surface area contributed by atoms with Gasteiger partial charge in [-0.3, -0.25) is 4.79 Å². The van der Waals surface area contributed by atoms with Gasteiger partial charge in [0.05, 0.1) is 6.61 Å². The van der Waals surface area contributed by atoms with Crippen LogP contribution in [0.25, 0.3) is 0 Å². The minimum atomic E-state index is -2.82. The molecule has 43 heavy (non-hydrogen) atoms. The molecule has 0 aliphatic rings. The van der Waals surface area contributed by atoms with Crippen molar-refractivity contribution in [2.24, 2.45) is 0 Å². The molecular formula is C35H61F2O5P. The fourth-order valence-electron chi connectivity index (χ4n) is 5.31. The highest BCUT2D eigenvalue weighted by Crippen LogP contribution is 2.49. The van der Waals surface area contributed by atoms with Gasteiger partial charge in [-0.2, -0.15) is 0 Å². The van der Waals surface area contributed by atoms with E-state index in [2.05, 4.69) is 16.4 Å². The molecule has 0 heterocycles. The highest BCUT2D eigenvalue weighted by Gasteiger charge is 2.31. The van der Waals surface area contributed by atoms with Gasteiger partial charge in [0.15, 0.2) is 0 Å². The summed E-state index contributed by atoms with van der Waals surface area (Å²) in [4.78, 5) is 12.5. The number of halogens is 2. The van der Waals surface area contributed by atoms with E-state index < -0.39 is 19.4 Å². The number of unbranched alkanes of at least 4 members (excludes halogenated alkanes) is 15. The van der Waals surface area contributed by atoms with Crippen LogP contribution in [0.1, 0.15) is 174 Å². The molecule has 1 rings (SSSR count). The lowest BCUT2D eigenvalue weighted by molar-refractivity contribution is -0.143. The maximum Gasteiger partial charge on any atom is 0.465 e. The van der Waals surface area contributed by atoms with Crippen LogP contribution < -0.4 is 4.52 Å². The van der Waals surface area contributed by atoms with Crippen LogP contribution in [-0.2, 0) is 36.2 Å². The predicted molar refractivity (Wildman–Crippen MR) is 175 cm³/mol. The molecule has 0 fully saturated rings. The minimum Gasteiger partial charge on any atom is -0.466 e. The molecule has 0 aromatic heterocycles. The number of hydrogen-bond donors (Lipinski definition) is 0. The van der Waals surface area contributed by atoms with Crippen LogP contribution in [0, 0.1) is 0 Å². The number of benzene rings is 1. The summed E-state index contributed by atoms with van der Waals surface area (Å²) in [6.45, 7) is 14.7. The molecule has 0 amide bonds. The third-order valence-electron chi connectivity index (χ3n) is 7.92. The van der Waals surface area contributed by atoms with Gasteiger partial charge in [-0.05, 0) is 38.3 Å². The molecule has 8 heteroatoms. The van der Waals surface area contributed by atoms with E-state index >= 15 is 0 Å². The monoisotopic (exact) mass is 630 g/mol. The Kier molecular flexibility index (Phi) is 20.5. The van der Waals surface area contributed by atoms with Gasteiger partial charge in [-0.15, -0.1) is 0 Å². The molecule has 0 unspecified atom stereocenters. The number of ether oxygens (including phenoxy) is 1. The Hall–Kier alpha value is -1.30. The second-order valence-electron chi connectivity index (χ2n) is 14.0. The lowest BCUT2D eigenvalue weighted by Gasteiger charge is -2.30. The van der Waals surface area contributed by atoms with Crippen LogP contribution in [-0.4, -0.2) is 12.6 Å². The number of carbonyl (C=O) groups excluding carboxylic acids is 1. The van der Waals surface area contributed by atoms with Crippen molar-refractivity contribution in [2.45, 2.75) is 175 Å². The first-order valence-corrected chi connectivity index (χ1v) is 17.9. The van der Waals surface area contributed by atoms with Crippen molar-refractivity contribution < 1.29 is 32.6 Å². The van der Waals surface area contributed by atoms with Crippen LogP contribution in [0.3, 0.4) is 0 Å². The van der Waals surface area contributed by atoms with Gasteiger partial charge in [-0.25, -0.2) is 0 Å². The fourth-order valence-corrected chi connectivity index (χ4v) is 5.74. The summed E-state index contributed by atoms with van der Waals surface area (Å²) in [5.74, 6) is 0.132. The summed E-state index contributed by atoms with van der Waals surface area (Å²) >= 11 is 0. The van der Waals surface area contributed by atoms with E-state index in [4.69, 9.17) is 9.26 Å². The standard InChI is InChI=1S/C35H61F2O5P/c1-8-9-10-11-12-13-14-15-16-17-18-19-20-21-22-23-26-39-32(38)25-24-29-27-30(34(2,3)4)33(40-43(41-36)42-37)31(28-29)35(5,6)7/h27-28H,8-26H2,1-7H3. The summed E-state index contributed by atoms with van der Waals surface area (Å²) in [5.41, 5.74) is 1.67. The van der Waals surface area contributed by atoms with Crippen LogP contribution in [0.5, 0.6) is 5.75 Å². The Morgan fingerprint density at radius 3 is 1.44 bits per heavy atom. The third-order valence-corrected chi connectivity index (χ3v) is 8.48. The predicted octanol–water partition coefficient (Wildman–Crippen LogP) is 12.4. The molecule has 5 nitrogen and oxygen atoms in total. The largest absolute Gasteiger partial charge is 0.466 e. The van der Waals surface area contributed by atoms with E-state index in [0.717, 1.165) is 29.5 Å². The van der Waals surface area contributed by atoms with Gasteiger partial charge in [0, 0.05) is 17.5 Å². The van der Waals surface area contributed by atoms with E-state index in [9.17, 15) is 13.8 Å². The lowest BCUT2D eigenvalue weighted by atomic mass is 9.78. The highest BCUT2D eigenvalue weighted by atomic mass is 31.2. The Morgan fingerprint density at radius 1 is 0.674 bits per heavy atom. The van der Waals surface area contributed by atoms with Crippen molar-refractivity contribution in [3.8, 4) is 5.75 Å². The molecule has 0 atom stereocenters. The zero-order valence-electron chi connectivity index (χ0n) is 28.3. The first kappa shape index (κ1) is 39.7. The van der Waals surface area contributed by atoms with E-state index in [1.165, 1.54) is 89.9 Å². The van der Waals surface area contributed by atoms with Crippen LogP contribution in [0.15, 0.2) is 12.1 Å². The van der Waals surface area contributed by atoms with Gasteiger partial charge >= 0.3 is 14.6 Å². The van der Waals surface area contributed by atoms with E-state index in [-0.39, 0.29) is 12.4 Å². The Labute approximate surface area is 263 Å². The fraction of sp³-hybridized carbons (Fsp3) is 0.800. The maximum absolute atomic E-state index is 12.8. The summed E-state index contributed by atoms with van der Waals surface area (Å²) in [5, 5.41) is 0. The molecule has 0 saturated carbocycles. The SMILES string of the molecule is CCCCCCCCCCCCCCCCCCOC(=O)CCc1cc(C(C)(C)C)c(OP(OF)OF)c(C(C)(C)C)c1. The van der Waals surface area contributed by atoms with Gasteiger partial charge in [0.1, 0.15) is 5.75 Å². The Morgan fingerprint density at radius 2 is 1.07 bits per heavy atom. The molecule has 0 aliphatic carbocycles. The quantitative estimate of drug-likeness (QED) is 0.0646. The molecule has 250 valence electrons.